The molecule has 0 fully saturated rings. The van der Waals surface area contributed by atoms with E-state index in [2.05, 4.69) is 42.8 Å². The van der Waals surface area contributed by atoms with Gasteiger partial charge in [0.25, 0.3) is 0 Å². The summed E-state index contributed by atoms with van der Waals surface area (Å²) < 4.78 is 11.6. The maximum atomic E-state index is 11.8. The fraction of sp³-hybridized carbons (Fsp3) is 0.963. The Morgan fingerprint density at radius 1 is 0.865 bits per heavy atom. The fourth-order valence-corrected chi connectivity index (χ4v) is 4.14. The van der Waals surface area contributed by atoms with E-state index in [1.54, 1.807) is 0 Å². The van der Waals surface area contributed by atoms with Crippen LogP contribution in [0.3, 0.4) is 0 Å². The fourth-order valence-electron chi connectivity index (χ4n) is 4.14. The molecule has 0 saturated carbocycles. The first-order valence-electron chi connectivity index (χ1n) is 14.1. The number of unbranched alkanes of at least 4 members (excludes halogenated alkanes) is 1. The summed E-state index contributed by atoms with van der Waals surface area (Å²) in [6.45, 7) is 21.6. The second-order valence-corrected chi connectivity index (χ2v) is 12.3. The number of carbonyl (C=O) groups excluding carboxylic acids is 1. The molecule has 9 N–H and O–H groups in total. The molecule has 0 heterocycles. The van der Waals surface area contributed by atoms with Gasteiger partial charge < -0.3 is 42.6 Å². The van der Waals surface area contributed by atoms with Crippen molar-refractivity contribution >= 4 is 6.09 Å². The van der Waals surface area contributed by atoms with Crippen molar-refractivity contribution in [2.45, 2.75) is 103 Å². The van der Waals surface area contributed by atoms with Gasteiger partial charge in [0.1, 0.15) is 5.60 Å². The highest BCUT2D eigenvalue weighted by molar-refractivity contribution is 5.67. The lowest BCUT2D eigenvalue weighted by molar-refractivity contribution is -0.0453. The first-order valence-corrected chi connectivity index (χ1v) is 14.1. The van der Waals surface area contributed by atoms with Crippen molar-refractivity contribution in [2.75, 3.05) is 65.5 Å². The van der Waals surface area contributed by atoms with Gasteiger partial charge in [0.05, 0.1) is 5.60 Å². The number of rotatable bonds is 21. The minimum atomic E-state index is -0.484. The Bertz CT molecular complexity index is 591. The average molecular weight is 532 g/mol. The molecule has 0 radical (unpaired) electrons. The van der Waals surface area contributed by atoms with Gasteiger partial charge in [-0.2, -0.15) is 0 Å². The molecule has 0 rings (SSSR count). The maximum absolute atomic E-state index is 11.8. The van der Waals surface area contributed by atoms with Crippen LogP contribution >= 0.6 is 0 Å². The molecule has 0 aliphatic rings. The Morgan fingerprint density at radius 3 is 2.00 bits per heavy atom. The molecule has 0 aromatic carbocycles. The molecular formula is C27H61N7O3. The van der Waals surface area contributed by atoms with E-state index in [1.165, 1.54) is 0 Å². The Morgan fingerprint density at radius 2 is 1.46 bits per heavy atom. The van der Waals surface area contributed by atoms with Gasteiger partial charge >= 0.3 is 6.09 Å². The van der Waals surface area contributed by atoms with Crippen molar-refractivity contribution in [1.29, 1.82) is 0 Å². The number of amides is 1. The number of nitrogens with one attached hydrogen (secondary N) is 1. The van der Waals surface area contributed by atoms with Crippen LogP contribution in [0.2, 0.25) is 0 Å². The van der Waals surface area contributed by atoms with Crippen molar-refractivity contribution in [1.82, 2.24) is 15.1 Å². The van der Waals surface area contributed by atoms with Gasteiger partial charge in [-0.3, -0.25) is 4.90 Å². The zero-order chi connectivity index (χ0) is 28.5. The average Bonchev–Trinajstić information content (AvgIpc) is 2.76. The number of alkyl carbamates (subject to hydrolysis) is 1. The van der Waals surface area contributed by atoms with Crippen LogP contribution in [-0.4, -0.2) is 104 Å². The predicted octanol–water partition coefficient (Wildman–Crippen LogP) is 1.84. The second kappa shape index (κ2) is 18.3. The first kappa shape index (κ1) is 36.0. The Kier molecular flexibility index (Phi) is 17.8. The molecule has 0 aliphatic carbocycles. The number of carbonyl (C=O) groups is 1. The third-order valence-corrected chi connectivity index (χ3v) is 6.51. The van der Waals surface area contributed by atoms with Crippen LogP contribution in [0.5, 0.6) is 0 Å². The van der Waals surface area contributed by atoms with E-state index in [1.807, 2.05) is 20.8 Å². The molecule has 0 aromatic heterocycles. The molecule has 0 bridgehead atoms. The van der Waals surface area contributed by atoms with Crippen LogP contribution in [0.4, 0.5) is 4.79 Å². The number of nitrogens with two attached hydrogens (primary N) is 4. The maximum Gasteiger partial charge on any atom is 0.407 e. The van der Waals surface area contributed by atoms with Crippen LogP contribution in [0.1, 0.15) is 80.6 Å². The molecular weight excluding hydrogens is 470 g/mol. The summed E-state index contributed by atoms with van der Waals surface area (Å²) in [5.41, 5.74) is 23.1. The van der Waals surface area contributed by atoms with Gasteiger partial charge in [-0.25, -0.2) is 4.79 Å². The largest absolute Gasteiger partial charge is 0.444 e. The molecule has 0 spiro atoms. The summed E-state index contributed by atoms with van der Waals surface area (Å²) in [7, 11) is 0. The van der Waals surface area contributed by atoms with Gasteiger partial charge in [0.2, 0.25) is 0 Å². The number of nitrogens with zero attached hydrogens (tertiary/aromatic N) is 2. The predicted molar refractivity (Wildman–Crippen MR) is 155 cm³/mol. The highest BCUT2D eigenvalue weighted by Crippen LogP contribution is 2.22. The monoisotopic (exact) mass is 531 g/mol. The van der Waals surface area contributed by atoms with Crippen LogP contribution < -0.4 is 28.3 Å². The quantitative estimate of drug-likeness (QED) is 0.139. The Balaban J connectivity index is 4.52. The van der Waals surface area contributed by atoms with Crippen molar-refractivity contribution < 1.29 is 14.3 Å². The topological polar surface area (TPSA) is 158 Å². The van der Waals surface area contributed by atoms with Gasteiger partial charge in [-0.05, 0) is 74.1 Å². The van der Waals surface area contributed by atoms with Crippen molar-refractivity contribution in [2.24, 2.45) is 22.9 Å². The molecule has 37 heavy (non-hydrogen) atoms. The SMILES string of the molecule is CC(C)(C)OC(=O)NCCCCC(N)CN(CCN)C(C)(C)CCOC(C)(C)CCN(CCN)CCN. The van der Waals surface area contributed by atoms with Gasteiger partial charge in [0, 0.05) is 77.1 Å². The standard InChI is InChI=1S/C27H61N7O3/c1-25(2,3)37-24(35)32-16-9-8-10-23(31)22-34(20-15-30)26(4,5)12-21-36-27(6,7)11-17-33(18-13-28)19-14-29/h23H,8-22,28-31H2,1-7H3,(H,32,35). The molecule has 1 amide bonds. The number of ether oxygens (including phenoxy) is 2. The van der Waals surface area contributed by atoms with Crippen molar-refractivity contribution in [3.8, 4) is 0 Å². The lowest BCUT2D eigenvalue weighted by Gasteiger charge is -2.41. The Hall–Kier alpha value is -1.01. The molecule has 222 valence electrons. The summed E-state index contributed by atoms with van der Waals surface area (Å²) in [4.78, 5) is 16.4. The van der Waals surface area contributed by atoms with Crippen LogP contribution in [0.15, 0.2) is 0 Å². The first-order chi connectivity index (χ1) is 17.2. The summed E-state index contributed by atoms with van der Waals surface area (Å²) in [6, 6.07) is 0.0424. The van der Waals surface area contributed by atoms with Gasteiger partial charge in [-0.15, -0.1) is 0 Å². The van der Waals surface area contributed by atoms with E-state index in [0.717, 1.165) is 64.8 Å². The minimum Gasteiger partial charge on any atom is -0.444 e. The highest BCUT2D eigenvalue weighted by Gasteiger charge is 2.29. The summed E-state index contributed by atoms with van der Waals surface area (Å²) in [5.74, 6) is 0. The molecule has 0 aliphatic heterocycles. The summed E-state index contributed by atoms with van der Waals surface area (Å²) in [5, 5.41) is 2.80. The molecule has 10 nitrogen and oxygen atoms in total. The van der Waals surface area contributed by atoms with E-state index in [4.69, 9.17) is 32.4 Å². The van der Waals surface area contributed by atoms with Crippen molar-refractivity contribution in [3.05, 3.63) is 0 Å². The number of hydrogen-bond donors (Lipinski definition) is 5. The third kappa shape index (κ3) is 18.8. The Labute approximate surface area is 227 Å². The number of hydrogen-bond acceptors (Lipinski definition) is 9. The molecule has 10 heteroatoms. The molecule has 0 saturated heterocycles. The third-order valence-electron chi connectivity index (χ3n) is 6.51. The van der Waals surface area contributed by atoms with Crippen LogP contribution in [-0.2, 0) is 9.47 Å². The highest BCUT2D eigenvalue weighted by atomic mass is 16.6. The minimum absolute atomic E-state index is 0.0424. The summed E-state index contributed by atoms with van der Waals surface area (Å²) >= 11 is 0. The molecule has 0 aromatic rings. The second-order valence-electron chi connectivity index (χ2n) is 12.3. The zero-order valence-corrected chi connectivity index (χ0v) is 25.1. The van der Waals surface area contributed by atoms with E-state index >= 15 is 0 Å². The van der Waals surface area contributed by atoms with E-state index in [-0.39, 0.29) is 23.3 Å². The van der Waals surface area contributed by atoms with Crippen LogP contribution in [0.25, 0.3) is 0 Å². The summed E-state index contributed by atoms with van der Waals surface area (Å²) in [6.07, 6.45) is 4.13. The van der Waals surface area contributed by atoms with E-state index in [0.29, 0.717) is 32.8 Å². The van der Waals surface area contributed by atoms with Gasteiger partial charge in [-0.1, -0.05) is 6.42 Å². The van der Waals surface area contributed by atoms with Crippen molar-refractivity contribution in [3.63, 3.8) is 0 Å². The smallest absolute Gasteiger partial charge is 0.407 e. The lowest BCUT2D eigenvalue weighted by Crippen LogP contribution is -2.52. The van der Waals surface area contributed by atoms with Crippen LogP contribution in [0, 0.1) is 0 Å². The molecule has 1 atom stereocenters. The zero-order valence-electron chi connectivity index (χ0n) is 25.1. The molecule has 1 unspecified atom stereocenters. The van der Waals surface area contributed by atoms with Gasteiger partial charge in [0.15, 0.2) is 0 Å². The van der Waals surface area contributed by atoms with E-state index < -0.39 is 5.60 Å². The normalized spacial score (nSPS) is 13.9. The lowest BCUT2D eigenvalue weighted by atomic mass is 9.96. The van der Waals surface area contributed by atoms with E-state index in [9.17, 15) is 4.79 Å².